The van der Waals surface area contributed by atoms with Gasteiger partial charge in [-0.3, -0.25) is 24.3 Å². The van der Waals surface area contributed by atoms with Gasteiger partial charge in [-0.25, -0.2) is 4.79 Å². The topological polar surface area (TPSA) is 225 Å². The van der Waals surface area contributed by atoms with Gasteiger partial charge in [0.2, 0.25) is 17.4 Å². The molecule has 2 aromatic heterocycles. The Morgan fingerprint density at radius 1 is 1.36 bits per heavy atom. The van der Waals surface area contributed by atoms with Crippen molar-refractivity contribution in [3.63, 3.8) is 0 Å². The number of carboxylic acids is 1. The average Bonchev–Trinajstić information content (AvgIpc) is 3.41. The lowest BCUT2D eigenvalue weighted by Gasteiger charge is -2.49. The van der Waals surface area contributed by atoms with Gasteiger partial charge in [0, 0.05) is 51.3 Å². The maximum absolute atomic E-state index is 13.1. The minimum absolute atomic E-state index is 0.0626. The Hall–Kier alpha value is -3.39. The van der Waals surface area contributed by atoms with Crippen LogP contribution in [-0.4, -0.2) is 102 Å². The summed E-state index contributed by atoms with van der Waals surface area (Å²) in [5.41, 5.74) is 5.60. The molecule has 19 heteroatoms. The molecule has 0 bridgehead atoms. The second-order valence-electron chi connectivity index (χ2n) is 8.75. The second-order valence-corrected chi connectivity index (χ2v) is 12.9. The average molecular weight is 654 g/mol. The molecule has 7 N–H and O–H groups in total. The fourth-order valence-corrected chi connectivity index (χ4v) is 7.77. The standard InChI is InChI=1S/C23H27N9O6S4/c1-10(25-2)18(33)27-6-7-39-8-11-12(4-3-5-26-11)41-13-9-40-21-15(20(35)32(21)16(13)22(36)37)28-19(34)14(30-38)17-29-23(24)42-31-17/h3-5,10,15,21,25,38H,6-9H2,1-2H3,(H,27,33)(H,28,34)(H,36,37)(H2,24,29,31)/b30-14-/t10-,15?,21?/m0/s1. The van der Waals surface area contributed by atoms with Crippen LogP contribution in [0.5, 0.6) is 0 Å². The molecule has 2 unspecified atom stereocenters. The van der Waals surface area contributed by atoms with Crippen molar-refractivity contribution in [1.29, 1.82) is 0 Å². The molecule has 2 aliphatic heterocycles. The predicted molar refractivity (Wildman–Crippen MR) is 160 cm³/mol. The van der Waals surface area contributed by atoms with Crippen molar-refractivity contribution < 1.29 is 29.5 Å². The zero-order valence-electron chi connectivity index (χ0n) is 22.3. The number of nitrogen functional groups attached to an aromatic ring is 1. The lowest BCUT2D eigenvalue weighted by atomic mass is 10.0. The SMILES string of the molecule is CN[C@@H](C)C(=O)NCCSCc1ncccc1SC1=C(C(=O)O)N2C(=O)C(NC(=O)/C(=N\O)c3nsc(N)n3)C2SC1. The summed E-state index contributed by atoms with van der Waals surface area (Å²) in [6, 6.07) is 2.26. The number of carbonyl (C=O) groups is 4. The highest BCUT2D eigenvalue weighted by atomic mass is 32.2. The van der Waals surface area contributed by atoms with Crippen LogP contribution in [0.1, 0.15) is 18.4 Å². The first-order valence-electron chi connectivity index (χ1n) is 12.3. The van der Waals surface area contributed by atoms with Crippen molar-refractivity contribution in [2.75, 3.05) is 30.8 Å². The van der Waals surface area contributed by atoms with E-state index in [1.165, 1.54) is 23.5 Å². The highest BCUT2D eigenvalue weighted by Gasteiger charge is 2.54. The number of nitrogens with one attached hydrogen (secondary N) is 3. The molecule has 0 aliphatic carbocycles. The number of anilines is 1. The molecule has 2 aliphatic rings. The molecular formula is C23H27N9O6S4. The number of carboxylic acid groups (broad SMARTS) is 1. The van der Waals surface area contributed by atoms with Crippen LogP contribution in [0.2, 0.25) is 0 Å². The molecule has 0 aromatic carbocycles. The first-order valence-corrected chi connectivity index (χ1v) is 16.1. The molecule has 4 rings (SSSR count). The van der Waals surface area contributed by atoms with Gasteiger partial charge >= 0.3 is 5.97 Å². The summed E-state index contributed by atoms with van der Waals surface area (Å²) in [5.74, 6) is -1.59. The number of carbonyl (C=O) groups excluding carboxylic acids is 3. The summed E-state index contributed by atoms with van der Waals surface area (Å²) in [7, 11) is 1.72. The van der Waals surface area contributed by atoms with E-state index in [1.807, 2.05) is 6.07 Å². The summed E-state index contributed by atoms with van der Waals surface area (Å²) >= 11 is 4.91. The summed E-state index contributed by atoms with van der Waals surface area (Å²) in [6.07, 6.45) is 1.65. The van der Waals surface area contributed by atoms with Crippen molar-refractivity contribution in [3.8, 4) is 0 Å². The van der Waals surface area contributed by atoms with Crippen LogP contribution in [-0.2, 0) is 24.9 Å². The minimum Gasteiger partial charge on any atom is -0.477 e. The first-order chi connectivity index (χ1) is 20.2. The Morgan fingerprint density at radius 3 is 2.81 bits per heavy atom. The van der Waals surface area contributed by atoms with E-state index in [1.54, 1.807) is 38.0 Å². The largest absolute Gasteiger partial charge is 0.477 e. The van der Waals surface area contributed by atoms with Crippen molar-refractivity contribution in [2.45, 2.75) is 35.0 Å². The number of rotatable bonds is 13. The van der Waals surface area contributed by atoms with Crippen molar-refractivity contribution >= 4 is 81.4 Å². The number of amides is 3. The lowest BCUT2D eigenvalue weighted by molar-refractivity contribution is -0.150. The van der Waals surface area contributed by atoms with Crippen molar-refractivity contribution in [1.82, 2.24) is 35.2 Å². The summed E-state index contributed by atoms with van der Waals surface area (Å²) < 4.78 is 3.84. The van der Waals surface area contributed by atoms with Gasteiger partial charge in [-0.05, 0) is 26.1 Å². The van der Waals surface area contributed by atoms with Crippen LogP contribution in [0.25, 0.3) is 0 Å². The zero-order chi connectivity index (χ0) is 30.4. The number of aliphatic carboxylic acids is 1. The Morgan fingerprint density at radius 2 is 2.14 bits per heavy atom. The highest BCUT2D eigenvalue weighted by molar-refractivity contribution is 8.06. The molecule has 3 amide bonds. The van der Waals surface area contributed by atoms with Gasteiger partial charge in [0.05, 0.1) is 11.7 Å². The molecule has 1 saturated heterocycles. The number of hydrogen-bond donors (Lipinski definition) is 6. The van der Waals surface area contributed by atoms with E-state index in [-0.39, 0.29) is 34.4 Å². The normalized spacial score (nSPS) is 19.1. The number of nitrogens with two attached hydrogens (primary N) is 1. The summed E-state index contributed by atoms with van der Waals surface area (Å²) in [4.78, 5) is 60.6. The van der Waals surface area contributed by atoms with Gasteiger partial charge in [-0.1, -0.05) is 16.9 Å². The highest BCUT2D eigenvalue weighted by Crippen LogP contribution is 2.45. The Balaban J connectivity index is 1.41. The molecule has 224 valence electrons. The van der Waals surface area contributed by atoms with Gasteiger partial charge in [-0.15, -0.1) is 11.8 Å². The molecule has 2 aromatic rings. The molecule has 4 heterocycles. The molecule has 3 atom stereocenters. The first kappa shape index (κ1) is 31.5. The monoisotopic (exact) mass is 653 g/mol. The molecule has 42 heavy (non-hydrogen) atoms. The van der Waals surface area contributed by atoms with E-state index in [0.29, 0.717) is 23.0 Å². The van der Waals surface area contributed by atoms with Crippen molar-refractivity contribution in [2.24, 2.45) is 5.16 Å². The van der Waals surface area contributed by atoms with Crippen LogP contribution in [0.4, 0.5) is 5.13 Å². The predicted octanol–water partition coefficient (Wildman–Crippen LogP) is 0.139. The van der Waals surface area contributed by atoms with Crippen LogP contribution >= 0.6 is 46.8 Å². The number of nitrogens with zero attached hydrogens (tertiary/aromatic N) is 5. The maximum atomic E-state index is 13.1. The number of hydrogen-bond acceptors (Lipinski definition) is 15. The Kier molecular flexibility index (Phi) is 10.7. The van der Waals surface area contributed by atoms with Crippen LogP contribution in [0.3, 0.4) is 0 Å². The van der Waals surface area contributed by atoms with E-state index >= 15 is 0 Å². The summed E-state index contributed by atoms with van der Waals surface area (Å²) in [6.45, 7) is 2.27. The lowest BCUT2D eigenvalue weighted by Crippen LogP contribution is -2.71. The van der Waals surface area contributed by atoms with Gasteiger partial charge < -0.3 is 32.0 Å². The van der Waals surface area contributed by atoms with Gasteiger partial charge in [0.1, 0.15) is 17.1 Å². The number of aromatic nitrogens is 3. The van der Waals surface area contributed by atoms with E-state index in [4.69, 9.17) is 5.73 Å². The van der Waals surface area contributed by atoms with Crippen LogP contribution < -0.4 is 21.7 Å². The third-order valence-electron chi connectivity index (χ3n) is 6.08. The fourth-order valence-electron chi connectivity index (χ4n) is 3.86. The molecule has 15 nitrogen and oxygen atoms in total. The minimum atomic E-state index is -1.27. The van der Waals surface area contributed by atoms with Gasteiger partial charge in [0.15, 0.2) is 5.13 Å². The van der Waals surface area contributed by atoms with E-state index in [2.05, 4.69) is 35.4 Å². The zero-order valence-corrected chi connectivity index (χ0v) is 25.5. The van der Waals surface area contributed by atoms with E-state index in [9.17, 15) is 29.5 Å². The second kappa shape index (κ2) is 14.2. The van der Waals surface area contributed by atoms with Gasteiger partial charge in [0.25, 0.3) is 11.8 Å². The third kappa shape index (κ3) is 6.97. The number of likely N-dealkylation sites (N-methyl/N-ethyl adjacent to an activating group) is 1. The van der Waals surface area contributed by atoms with E-state index in [0.717, 1.165) is 27.0 Å². The van der Waals surface area contributed by atoms with Crippen molar-refractivity contribution in [3.05, 3.63) is 40.5 Å². The summed E-state index contributed by atoms with van der Waals surface area (Å²) in [5, 5.41) is 29.9. The molecule has 0 radical (unpaired) electrons. The smallest absolute Gasteiger partial charge is 0.353 e. The Labute approximate surface area is 256 Å². The number of fused-ring (bicyclic) bond motifs is 1. The number of pyridine rings is 1. The fraction of sp³-hybridized carbons (Fsp3) is 0.391. The number of oxime groups is 1. The molecular weight excluding hydrogens is 627 g/mol. The molecule has 0 spiro atoms. The van der Waals surface area contributed by atoms with Crippen LogP contribution in [0.15, 0.2) is 39.0 Å². The van der Waals surface area contributed by atoms with Crippen LogP contribution in [0, 0.1) is 0 Å². The van der Waals surface area contributed by atoms with Gasteiger partial charge in [-0.2, -0.15) is 21.1 Å². The Bertz CT molecular complexity index is 1430. The quantitative estimate of drug-likeness (QED) is 0.0556. The molecule has 1 fully saturated rings. The number of thioether (sulfide) groups is 3. The van der Waals surface area contributed by atoms with E-state index < -0.39 is 34.9 Å². The maximum Gasteiger partial charge on any atom is 0.353 e. The molecule has 0 saturated carbocycles. The number of β-lactam (4-membered cyclic amide) rings is 1. The third-order valence-corrected chi connectivity index (χ3v) is 10.2.